The van der Waals surface area contributed by atoms with Crippen molar-refractivity contribution in [2.75, 3.05) is 26.4 Å². The summed E-state index contributed by atoms with van der Waals surface area (Å²) in [5.41, 5.74) is 1.30. The lowest BCUT2D eigenvalue weighted by Gasteiger charge is -1.97. The van der Waals surface area contributed by atoms with Crippen molar-refractivity contribution >= 4 is 0 Å². The van der Waals surface area contributed by atoms with Crippen molar-refractivity contribution in [1.29, 1.82) is 0 Å². The molecule has 4 aliphatic heterocycles. The molecule has 1 aromatic rings. The molecule has 0 spiro atoms. The van der Waals surface area contributed by atoms with Crippen LogP contribution in [0.25, 0.3) is 0 Å². The van der Waals surface area contributed by atoms with E-state index in [2.05, 4.69) is 32.9 Å². The van der Waals surface area contributed by atoms with Gasteiger partial charge in [-0.2, -0.15) is 0 Å². The van der Waals surface area contributed by atoms with Crippen molar-refractivity contribution in [3.8, 4) is 0 Å². The standard InChI is InChI=1S/C10H20O.C8H8O.C6H12O.C4H8O/c1-2-3-4-5-6-7-8-10-9-11-10;1-2-4-7(5-3-1)8-6-9-8;1-2-3-4-6-5-7-6;1-2-4-3-5-4/h10H,2-9H2,1H3;1-5,8H,6H2;6H,2-5H2,1H3;4H,2-3H2,1H3. The molecule has 1 aromatic carbocycles. The predicted molar refractivity (Wildman–Crippen MR) is 132 cm³/mol. The molecule has 184 valence electrons. The smallest absolute Gasteiger partial charge is 0.106 e. The van der Waals surface area contributed by atoms with E-state index in [4.69, 9.17) is 18.9 Å². The Bertz CT molecular complexity index is 534. The fourth-order valence-corrected chi connectivity index (χ4v) is 3.27. The molecule has 4 heterocycles. The van der Waals surface area contributed by atoms with Crippen LogP contribution in [0.15, 0.2) is 30.3 Å². The van der Waals surface area contributed by atoms with Gasteiger partial charge in [-0.1, -0.05) is 102 Å². The molecule has 0 saturated carbocycles. The molecule has 0 aromatic heterocycles. The lowest BCUT2D eigenvalue weighted by Crippen LogP contribution is -1.85. The van der Waals surface area contributed by atoms with Gasteiger partial charge in [0.05, 0.1) is 44.7 Å². The van der Waals surface area contributed by atoms with Crippen LogP contribution < -0.4 is 0 Å². The van der Waals surface area contributed by atoms with Crippen molar-refractivity contribution in [3.63, 3.8) is 0 Å². The van der Waals surface area contributed by atoms with Gasteiger partial charge in [0.25, 0.3) is 0 Å². The molecule has 4 aliphatic rings. The Morgan fingerprint density at radius 2 is 1.09 bits per heavy atom. The van der Waals surface area contributed by atoms with E-state index < -0.39 is 0 Å². The van der Waals surface area contributed by atoms with E-state index >= 15 is 0 Å². The normalized spacial score (nSPS) is 25.7. The summed E-state index contributed by atoms with van der Waals surface area (Å²) in [4.78, 5) is 0. The molecule has 4 saturated heterocycles. The van der Waals surface area contributed by atoms with Crippen molar-refractivity contribution in [2.45, 2.75) is 116 Å². The fraction of sp³-hybridized carbons (Fsp3) is 0.786. The summed E-state index contributed by atoms with van der Waals surface area (Å²) >= 11 is 0. The summed E-state index contributed by atoms with van der Waals surface area (Å²) in [6.07, 6.45) is 17.2. The minimum Gasteiger partial charge on any atom is -0.373 e. The van der Waals surface area contributed by atoms with Crippen LogP contribution in [-0.2, 0) is 18.9 Å². The Hall–Kier alpha value is -0.940. The molecule has 4 unspecified atom stereocenters. The Kier molecular flexibility index (Phi) is 15.0. The van der Waals surface area contributed by atoms with Crippen LogP contribution in [0.2, 0.25) is 0 Å². The van der Waals surface area contributed by atoms with Crippen LogP contribution in [0.3, 0.4) is 0 Å². The monoisotopic (exact) mass is 448 g/mol. The first-order valence-corrected chi connectivity index (χ1v) is 13.3. The highest BCUT2D eigenvalue weighted by atomic mass is 16.6. The second-order valence-corrected chi connectivity index (χ2v) is 9.21. The van der Waals surface area contributed by atoms with Crippen molar-refractivity contribution in [1.82, 2.24) is 0 Å². The Balaban J connectivity index is 0.000000157. The topological polar surface area (TPSA) is 50.1 Å². The SMILES string of the molecule is CCC1CO1.CCCCC1CO1.CCCCCCCCC1CO1.c1ccc(C2CO2)cc1. The lowest BCUT2D eigenvalue weighted by atomic mass is 10.1. The molecule has 0 N–H and O–H groups in total. The zero-order chi connectivity index (χ0) is 22.9. The van der Waals surface area contributed by atoms with E-state index in [0.717, 1.165) is 26.4 Å². The van der Waals surface area contributed by atoms with Gasteiger partial charge in [0.15, 0.2) is 0 Å². The van der Waals surface area contributed by atoms with Crippen molar-refractivity contribution in [3.05, 3.63) is 35.9 Å². The van der Waals surface area contributed by atoms with Crippen LogP contribution in [0.5, 0.6) is 0 Å². The summed E-state index contributed by atoms with van der Waals surface area (Å²) in [5.74, 6) is 0. The number of hydrogen-bond acceptors (Lipinski definition) is 4. The quantitative estimate of drug-likeness (QED) is 0.249. The minimum atomic E-state index is 0.409. The van der Waals surface area contributed by atoms with E-state index in [1.54, 1.807) is 0 Å². The fourth-order valence-electron chi connectivity index (χ4n) is 3.27. The van der Waals surface area contributed by atoms with Gasteiger partial charge in [0.1, 0.15) is 6.10 Å². The van der Waals surface area contributed by atoms with Gasteiger partial charge in [-0.05, 0) is 24.8 Å². The zero-order valence-electron chi connectivity index (χ0n) is 20.9. The molecule has 4 heteroatoms. The number of benzene rings is 1. The summed E-state index contributed by atoms with van der Waals surface area (Å²) in [7, 11) is 0. The van der Waals surface area contributed by atoms with Gasteiger partial charge in [-0.15, -0.1) is 0 Å². The first-order chi connectivity index (χ1) is 15.8. The Labute approximate surface area is 197 Å². The molecule has 5 rings (SSSR count). The van der Waals surface area contributed by atoms with E-state index in [1.807, 2.05) is 18.2 Å². The van der Waals surface area contributed by atoms with E-state index in [-0.39, 0.29) is 0 Å². The van der Waals surface area contributed by atoms with Gasteiger partial charge in [0.2, 0.25) is 0 Å². The van der Waals surface area contributed by atoms with Crippen molar-refractivity contribution < 1.29 is 18.9 Å². The molecule has 4 nitrogen and oxygen atoms in total. The highest BCUT2D eigenvalue weighted by Gasteiger charge is 2.23. The maximum atomic E-state index is 5.14. The number of ether oxygens (including phenoxy) is 4. The van der Waals surface area contributed by atoms with E-state index in [0.29, 0.717) is 24.4 Å². The largest absolute Gasteiger partial charge is 0.373 e. The summed E-state index contributed by atoms with van der Waals surface area (Å²) < 4.78 is 20.1. The van der Waals surface area contributed by atoms with Gasteiger partial charge < -0.3 is 18.9 Å². The summed E-state index contributed by atoms with van der Waals surface area (Å²) in [6, 6.07) is 10.3. The molecule has 0 amide bonds. The molecule has 4 fully saturated rings. The van der Waals surface area contributed by atoms with Gasteiger partial charge in [-0.25, -0.2) is 0 Å². The second kappa shape index (κ2) is 17.5. The number of hydrogen-bond donors (Lipinski definition) is 0. The maximum absolute atomic E-state index is 5.14. The third kappa shape index (κ3) is 16.7. The van der Waals surface area contributed by atoms with Crippen LogP contribution >= 0.6 is 0 Å². The molecule has 32 heavy (non-hydrogen) atoms. The van der Waals surface area contributed by atoms with E-state index in [1.165, 1.54) is 76.2 Å². The molecule has 0 bridgehead atoms. The summed E-state index contributed by atoms with van der Waals surface area (Å²) in [5, 5.41) is 0. The van der Waals surface area contributed by atoms with Gasteiger partial charge in [-0.3, -0.25) is 0 Å². The highest BCUT2D eigenvalue weighted by molar-refractivity contribution is 5.19. The third-order valence-electron chi connectivity index (χ3n) is 5.93. The number of rotatable bonds is 12. The maximum Gasteiger partial charge on any atom is 0.106 e. The predicted octanol–water partition coefficient (Wildman–Crippen LogP) is 7.26. The number of epoxide rings is 4. The Morgan fingerprint density at radius 1 is 0.594 bits per heavy atom. The van der Waals surface area contributed by atoms with Crippen molar-refractivity contribution in [2.24, 2.45) is 0 Å². The van der Waals surface area contributed by atoms with Crippen LogP contribution in [0, 0.1) is 0 Å². The molecular weight excluding hydrogens is 400 g/mol. The van der Waals surface area contributed by atoms with E-state index in [9.17, 15) is 0 Å². The first kappa shape index (κ1) is 27.3. The molecular formula is C28H48O4. The molecule has 4 atom stereocenters. The van der Waals surface area contributed by atoms with Crippen LogP contribution in [0.4, 0.5) is 0 Å². The average molecular weight is 449 g/mol. The first-order valence-electron chi connectivity index (χ1n) is 13.3. The second-order valence-electron chi connectivity index (χ2n) is 9.21. The van der Waals surface area contributed by atoms with Gasteiger partial charge in [0, 0.05) is 0 Å². The Morgan fingerprint density at radius 3 is 1.53 bits per heavy atom. The minimum absolute atomic E-state index is 0.409. The highest BCUT2D eigenvalue weighted by Crippen LogP contribution is 2.28. The summed E-state index contributed by atoms with van der Waals surface area (Å²) in [6.45, 7) is 10.6. The van der Waals surface area contributed by atoms with Crippen LogP contribution in [0.1, 0.15) is 103 Å². The molecule has 0 aliphatic carbocycles. The van der Waals surface area contributed by atoms with Gasteiger partial charge >= 0.3 is 0 Å². The lowest BCUT2D eigenvalue weighted by molar-refractivity contribution is 0.387. The average Bonchev–Trinajstić information content (AvgIpc) is 3.70. The number of unbranched alkanes of at least 4 members (excludes halogenated alkanes) is 6. The zero-order valence-corrected chi connectivity index (χ0v) is 20.9. The third-order valence-corrected chi connectivity index (χ3v) is 5.93. The van der Waals surface area contributed by atoms with Crippen LogP contribution in [-0.4, -0.2) is 44.7 Å². The molecule has 0 radical (unpaired) electrons.